The lowest BCUT2D eigenvalue weighted by molar-refractivity contribution is -0.144. The molecule has 0 amide bonds. The van der Waals surface area contributed by atoms with E-state index in [0.29, 0.717) is 25.0 Å². The summed E-state index contributed by atoms with van der Waals surface area (Å²) in [6.45, 7) is 2.65. The normalized spacial score (nSPS) is 10.7. The van der Waals surface area contributed by atoms with Crippen LogP contribution in [0.5, 0.6) is 0 Å². The van der Waals surface area contributed by atoms with Gasteiger partial charge in [0.1, 0.15) is 5.78 Å². The monoisotopic (exact) mass is 402 g/mol. The van der Waals surface area contributed by atoms with Crippen LogP contribution in [-0.4, -0.2) is 24.1 Å². The van der Waals surface area contributed by atoms with Gasteiger partial charge in [-0.25, -0.2) is 0 Å². The number of unbranched alkanes of at least 4 members (excludes halogenated alkanes) is 9. The first-order chi connectivity index (χ1) is 14.1. The van der Waals surface area contributed by atoms with Gasteiger partial charge < -0.3 is 4.74 Å². The highest BCUT2D eigenvalue weighted by Gasteiger charge is 2.11. The smallest absolute Gasteiger partial charge is 0.305 e. The summed E-state index contributed by atoms with van der Waals surface area (Å²) in [5.74, 6) is -0.253. The SMILES string of the molecule is CCCCCCCCCCC(=O)OCCCCCC(=O)CC(=O)c1ccccc1. The molecule has 0 N–H and O–H groups in total. The van der Waals surface area contributed by atoms with Gasteiger partial charge in [-0.05, 0) is 25.7 Å². The molecule has 0 unspecified atom stereocenters. The molecule has 1 rings (SSSR count). The maximum Gasteiger partial charge on any atom is 0.305 e. The van der Waals surface area contributed by atoms with Gasteiger partial charge in [-0.2, -0.15) is 0 Å². The van der Waals surface area contributed by atoms with Crippen LogP contribution in [0, 0.1) is 0 Å². The van der Waals surface area contributed by atoms with Gasteiger partial charge >= 0.3 is 5.97 Å². The molecule has 0 aliphatic heterocycles. The van der Waals surface area contributed by atoms with Crippen LogP contribution >= 0.6 is 0 Å². The van der Waals surface area contributed by atoms with E-state index >= 15 is 0 Å². The molecule has 4 nitrogen and oxygen atoms in total. The number of ketones is 2. The maximum atomic E-state index is 12.0. The standard InChI is InChI=1S/C25H38O4/c1-2-3-4-5-6-7-8-14-19-25(28)29-20-15-10-13-18-23(26)21-24(27)22-16-11-9-12-17-22/h9,11-12,16-17H,2-8,10,13-15,18-21H2,1H3. The average molecular weight is 403 g/mol. The lowest BCUT2D eigenvalue weighted by Gasteiger charge is -2.05. The van der Waals surface area contributed by atoms with E-state index in [-0.39, 0.29) is 24.0 Å². The molecular formula is C25H38O4. The molecular weight excluding hydrogens is 364 g/mol. The number of benzene rings is 1. The second kappa shape index (κ2) is 16.9. The molecule has 0 spiro atoms. The van der Waals surface area contributed by atoms with Gasteiger partial charge in [-0.15, -0.1) is 0 Å². The molecule has 0 saturated carbocycles. The fourth-order valence-electron chi connectivity index (χ4n) is 3.26. The number of hydrogen-bond donors (Lipinski definition) is 0. The van der Waals surface area contributed by atoms with Crippen molar-refractivity contribution in [1.29, 1.82) is 0 Å². The zero-order valence-electron chi connectivity index (χ0n) is 18.1. The fraction of sp³-hybridized carbons (Fsp3) is 0.640. The van der Waals surface area contributed by atoms with Crippen molar-refractivity contribution < 1.29 is 19.1 Å². The minimum atomic E-state index is -0.120. The first kappa shape index (κ1) is 25.1. The molecule has 0 aliphatic carbocycles. The Kier molecular flexibility index (Phi) is 14.6. The Morgan fingerprint density at radius 2 is 1.31 bits per heavy atom. The highest BCUT2D eigenvalue weighted by Crippen LogP contribution is 2.11. The van der Waals surface area contributed by atoms with Crippen molar-refractivity contribution in [2.75, 3.05) is 6.61 Å². The molecule has 4 heteroatoms. The summed E-state index contributed by atoms with van der Waals surface area (Å²) in [5, 5.41) is 0. The number of esters is 1. The van der Waals surface area contributed by atoms with Crippen LogP contribution in [0.2, 0.25) is 0 Å². The highest BCUT2D eigenvalue weighted by atomic mass is 16.5. The number of ether oxygens (including phenoxy) is 1. The Morgan fingerprint density at radius 1 is 0.724 bits per heavy atom. The second-order valence-electron chi connectivity index (χ2n) is 7.76. The van der Waals surface area contributed by atoms with Gasteiger partial charge in [-0.3, -0.25) is 14.4 Å². The van der Waals surface area contributed by atoms with E-state index in [0.717, 1.165) is 32.1 Å². The van der Waals surface area contributed by atoms with Gasteiger partial charge in [-0.1, -0.05) is 82.2 Å². The predicted molar refractivity (Wildman–Crippen MR) is 117 cm³/mol. The van der Waals surface area contributed by atoms with Gasteiger partial charge in [0.15, 0.2) is 5.78 Å². The molecule has 0 aliphatic rings. The molecule has 0 aromatic heterocycles. The number of carbonyl (C=O) groups is 3. The lowest BCUT2D eigenvalue weighted by Crippen LogP contribution is -2.08. The van der Waals surface area contributed by atoms with E-state index in [1.54, 1.807) is 24.3 Å². The summed E-state index contributed by atoms with van der Waals surface area (Å²) in [4.78, 5) is 35.6. The van der Waals surface area contributed by atoms with Crippen LogP contribution in [0.3, 0.4) is 0 Å². The van der Waals surface area contributed by atoms with E-state index in [1.807, 2.05) is 6.07 Å². The van der Waals surface area contributed by atoms with Gasteiger partial charge in [0.25, 0.3) is 0 Å². The van der Waals surface area contributed by atoms with Crippen molar-refractivity contribution in [1.82, 2.24) is 0 Å². The fourth-order valence-corrected chi connectivity index (χ4v) is 3.26. The summed E-state index contributed by atoms with van der Waals surface area (Å²) in [7, 11) is 0. The summed E-state index contributed by atoms with van der Waals surface area (Å²) in [6, 6.07) is 8.91. The zero-order chi connectivity index (χ0) is 21.2. The Balaban J connectivity index is 1.92. The third-order valence-electron chi connectivity index (χ3n) is 5.05. The minimum absolute atomic E-state index is 0.0226. The molecule has 0 heterocycles. The average Bonchev–Trinajstić information content (AvgIpc) is 2.73. The summed E-state index contributed by atoms with van der Waals surface area (Å²) >= 11 is 0. The van der Waals surface area contributed by atoms with Crippen LogP contribution in [-0.2, 0) is 14.3 Å². The van der Waals surface area contributed by atoms with Crippen LogP contribution in [0.1, 0.15) is 107 Å². The summed E-state index contributed by atoms with van der Waals surface area (Å²) in [6.07, 6.45) is 12.9. The van der Waals surface area contributed by atoms with Crippen molar-refractivity contribution in [3.05, 3.63) is 35.9 Å². The second-order valence-corrected chi connectivity index (χ2v) is 7.76. The Morgan fingerprint density at radius 3 is 2.00 bits per heavy atom. The van der Waals surface area contributed by atoms with Gasteiger partial charge in [0.05, 0.1) is 13.0 Å². The largest absolute Gasteiger partial charge is 0.466 e. The predicted octanol–water partition coefficient (Wildman–Crippen LogP) is 6.46. The van der Waals surface area contributed by atoms with Crippen LogP contribution in [0.25, 0.3) is 0 Å². The number of hydrogen-bond acceptors (Lipinski definition) is 4. The van der Waals surface area contributed by atoms with E-state index < -0.39 is 0 Å². The van der Waals surface area contributed by atoms with Crippen molar-refractivity contribution in [2.45, 2.75) is 96.8 Å². The summed E-state index contributed by atoms with van der Waals surface area (Å²) < 4.78 is 5.25. The molecule has 0 atom stereocenters. The molecule has 1 aromatic rings. The van der Waals surface area contributed by atoms with E-state index in [4.69, 9.17) is 4.74 Å². The first-order valence-corrected chi connectivity index (χ1v) is 11.4. The van der Waals surface area contributed by atoms with Gasteiger partial charge in [0, 0.05) is 18.4 Å². The molecule has 29 heavy (non-hydrogen) atoms. The van der Waals surface area contributed by atoms with Crippen molar-refractivity contribution >= 4 is 17.5 Å². The van der Waals surface area contributed by atoms with Crippen LogP contribution < -0.4 is 0 Å². The maximum absolute atomic E-state index is 12.0. The third-order valence-corrected chi connectivity index (χ3v) is 5.05. The molecule has 0 saturated heterocycles. The molecule has 162 valence electrons. The molecule has 1 aromatic carbocycles. The zero-order valence-corrected chi connectivity index (χ0v) is 18.1. The van der Waals surface area contributed by atoms with E-state index in [2.05, 4.69) is 6.92 Å². The quantitative estimate of drug-likeness (QED) is 0.122. The van der Waals surface area contributed by atoms with Crippen molar-refractivity contribution in [3.8, 4) is 0 Å². The minimum Gasteiger partial charge on any atom is -0.466 e. The number of carbonyl (C=O) groups excluding carboxylic acids is 3. The van der Waals surface area contributed by atoms with Crippen LogP contribution in [0.15, 0.2) is 30.3 Å². The molecule has 0 fully saturated rings. The topological polar surface area (TPSA) is 60.4 Å². The molecule has 0 radical (unpaired) electrons. The van der Waals surface area contributed by atoms with Crippen molar-refractivity contribution in [2.24, 2.45) is 0 Å². The third kappa shape index (κ3) is 13.8. The molecule has 0 bridgehead atoms. The number of Topliss-reactive ketones (excluding diaryl/α,β-unsaturated/α-hetero) is 2. The summed E-state index contributed by atoms with van der Waals surface area (Å²) in [5.41, 5.74) is 0.587. The van der Waals surface area contributed by atoms with Crippen LogP contribution in [0.4, 0.5) is 0 Å². The van der Waals surface area contributed by atoms with Crippen molar-refractivity contribution in [3.63, 3.8) is 0 Å². The lowest BCUT2D eigenvalue weighted by atomic mass is 10.0. The Labute approximate surface area is 176 Å². The Hall–Kier alpha value is -1.97. The first-order valence-electron chi connectivity index (χ1n) is 11.4. The number of rotatable bonds is 18. The highest BCUT2D eigenvalue weighted by molar-refractivity contribution is 6.07. The van der Waals surface area contributed by atoms with Gasteiger partial charge in [0.2, 0.25) is 0 Å². The Bertz CT molecular complexity index is 580. The van der Waals surface area contributed by atoms with E-state index in [1.165, 1.54) is 38.5 Å². The van der Waals surface area contributed by atoms with E-state index in [9.17, 15) is 14.4 Å².